The molecule has 1 fully saturated rings. The Balaban J connectivity index is 1.56. The van der Waals surface area contributed by atoms with E-state index in [9.17, 15) is 4.79 Å². The Morgan fingerprint density at radius 1 is 1.40 bits per heavy atom. The second-order valence-corrected chi connectivity index (χ2v) is 5.81. The second-order valence-electron chi connectivity index (χ2n) is 4.95. The van der Waals surface area contributed by atoms with E-state index in [2.05, 4.69) is 10.3 Å². The molecule has 1 aromatic heterocycles. The number of aromatic nitrogens is 1. The Hall–Kier alpha value is -1.88. The molecule has 20 heavy (non-hydrogen) atoms. The zero-order valence-electron chi connectivity index (χ0n) is 11.3. The van der Waals surface area contributed by atoms with E-state index < -0.39 is 0 Å². The molecule has 3 rings (SSSR count). The molecule has 1 N–H and O–H groups in total. The summed E-state index contributed by atoms with van der Waals surface area (Å²) >= 11 is 1.62. The van der Waals surface area contributed by atoms with Crippen LogP contribution in [0.2, 0.25) is 0 Å². The number of amides is 1. The standard InChI is InChI=1S/C15H16N2O2S/c1-10-9-20-15(16-10)11-2-6-13(7-3-11)19-8-14(18)17-12-4-5-12/h2-3,6-7,9,12H,4-5,8H2,1H3,(H,17,18). The van der Waals surface area contributed by atoms with Crippen LogP contribution in [0.3, 0.4) is 0 Å². The van der Waals surface area contributed by atoms with Crippen LogP contribution >= 0.6 is 11.3 Å². The third-order valence-corrected chi connectivity index (χ3v) is 4.04. The third kappa shape index (κ3) is 3.36. The minimum Gasteiger partial charge on any atom is -0.484 e. The number of thiazole rings is 1. The number of nitrogens with zero attached hydrogens (tertiary/aromatic N) is 1. The highest BCUT2D eigenvalue weighted by molar-refractivity contribution is 7.13. The molecule has 1 aliphatic rings. The summed E-state index contributed by atoms with van der Waals surface area (Å²) in [4.78, 5) is 16.0. The summed E-state index contributed by atoms with van der Waals surface area (Å²) < 4.78 is 5.46. The summed E-state index contributed by atoms with van der Waals surface area (Å²) in [5.41, 5.74) is 2.10. The van der Waals surface area contributed by atoms with Gasteiger partial charge in [0.05, 0.1) is 0 Å². The lowest BCUT2D eigenvalue weighted by molar-refractivity contribution is -0.123. The quantitative estimate of drug-likeness (QED) is 0.920. The number of ether oxygens (including phenoxy) is 1. The second kappa shape index (κ2) is 5.63. The summed E-state index contributed by atoms with van der Waals surface area (Å²) in [5.74, 6) is 0.653. The van der Waals surface area contributed by atoms with Crippen molar-refractivity contribution in [3.05, 3.63) is 35.3 Å². The van der Waals surface area contributed by atoms with Crippen LogP contribution < -0.4 is 10.1 Å². The molecule has 0 bridgehead atoms. The fraction of sp³-hybridized carbons (Fsp3) is 0.333. The molecule has 1 heterocycles. The molecule has 1 aliphatic carbocycles. The van der Waals surface area contributed by atoms with Crippen LogP contribution in [0.1, 0.15) is 18.5 Å². The highest BCUT2D eigenvalue weighted by Gasteiger charge is 2.23. The molecule has 0 saturated heterocycles. The first kappa shape index (κ1) is 13.1. The molecule has 1 saturated carbocycles. The number of benzene rings is 1. The largest absolute Gasteiger partial charge is 0.484 e. The van der Waals surface area contributed by atoms with Crippen molar-refractivity contribution in [3.8, 4) is 16.3 Å². The number of carbonyl (C=O) groups is 1. The third-order valence-electron chi connectivity index (χ3n) is 3.03. The Labute approximate surface area is 121 Å². The Morgan fingerprint density at radius 2 is 2.15 bits per heavy atom. The van der Waals surface area contributed by atoms with Gasteiger partial charge in [0.2, 0.25) is 0 Å². The van der Waals surface area contributed by atoms with E-state index in [1.807, 2.05) is 36.6 Å². The molecular formula is C15H16N2O2S. The molecule has 0 unspecified atom stereocenters. The number of hydrogen-bond acceptors (Lipinski definition) is 4. The van der Waals surface area contributed by atoms with Gasteiger partial charge in [-0.1, -0.05) is 0 Å². The zero-order valence-corrected chi connectivity index (χ0v) is 12.1. The van der Waals surface area contributed by atoms with Gasteiger partial charge in [0, 0.05) is 22.7 Å². The van der Waals surface area contributed by atoms with E-state index in [1.165, 1.54) is 0 Å². The molecule has 1 aromatic carbocycles. The van der Waals surface area contributed by atoms with Crippen molar-refractivity contribution in [1.82, 2.24) is 10.3 Å². The van der Waals surface area contributed by atoms with Crippen molar-refractivity contribution in [2.75, 3.05) is 6.61 Å². The maximum atomic E-state index is 11.5. The lowest BCUT2D eigenvalue weighted by Gasteiger charge is -2.07. The average molecular weight is 288 g/mol. The topological polar surface area (TPSA) is 51.2 Å². The van der Waals surface area contributed by atoms with Crippen molar-refractivity contribution in [3.63, 3.8) is 0 Å². The van der Waals surface area contributed by atoms with Crippen LogP contribution in [0.15, 0.2) is 29.6 Å². The number of nitrogens with one attached hydrogen (secondary N) is 1. The molecule has 0 radical (unpaired) electrons. The van der Waals surface area contributed by atoms with Crippen LogP contribution in [-0.2, 0) is 4.79 Å². The first-order valence-electron chi connectivity index (χ1n) is 6.65. The lowest BCUT2D eigenvalue weighted by atomic mass is 10.2. The van der Waals surface area contributed by atoms with Crippen LogP contribution in [0, 0.1) is 6.92 Å². The lowest BCUT2D eigenvalue weighted by Crippen LogP contribution is -2.30. The van der Waals surface area contributed by atoms with Gasteiger partial charge in [-0.15, -0.1) is 11.3 Å². The van der Waals surface area contributed by atoms with E-state index in [4.69, 9.17) is 4.74 Å². The molecule has 104 valence electrons. The van der Waals surface area contributed by atoms with Crippen LogP contribution in [0.5, 0.6) is 5.75 Å². The molecule has 2 aromatic rings. The van der Waals surface area contributed by atoms with E-state index in [1.54, 1.807) is 11.3 Å². The SMILES string of the molecule is Cc1csc(-c2ccc(OCC(=O)NC3CC3)cc2)n1. The monoisotopic (exact) mass is 288 g/mol. The number of hydrogen-bond donors (Lipinski definition) is 1. The molecule has 1 amide bonds. The van der Waals surface area contributed by atoms with Gasteiger partial charge in [0.1, 0.15) is 10.8 Å². The fourth-order valence-corrected chi connectivity index (χ4v) is 2.63. The predicted molar refractivity (Wildman–Crippen MR) is 78.9 cm³/mol. The van der Waals surface area contributed by atoms with Gasteiger partial charge in [0.15, 0.2) is 6.61 Å². The van der Waals surface area contributed by atoms with Gasteiger partial charge >= 0.3 is 0 Å². The summed E-state index contributed by atoms with van der Waals surface area (Å²) in [5, 5.41) is 5.92. The Kier molecular flexibility index (Phi) is 3.69. The van der Waals surface area contributed by atoms with Crippen molar-refractivity contribution < 1.29 is 9.53 Å². The number of aryl methyl sites for hydroxylation is 1. The highest BCUT2D eigenvalue weighted by Crippen LogP contribution is 2.25. The first-order chi connectivity index (χ1) is 9.70. The van der Waals surface area contributed by atoms with E-state index >= 15 is 0 Å². The van der Waals surface area contributed by atoms with Gasteiger partial charge in [-0.2, -0.15) is 0 Å². The van der Waals surface area contributed by atoms with Crippen molar-refractivity contribution in [2.24, 2.45) is 0 Å². The Bertz CT molecular complexity index is 603. The van der Waals surface area contributed by atoms with Crippen molar-refractivity contribution in [1.29, 1.82) is 0 Å². The zero-order chi connectivity index (χ0) is 13.9. The van der Waals surface area contributed by atoms with Crippen LogP contribution in [0.4, 0.5) is 0 Å². The summed E-state index contributed by atoms with van der Waals surface area (Å²) in [7, 11) is 0. The fourth-order valence-electron chi connectivity index (χ4n) is 1.83. The Morgan fingerprint density at radius 3 is 2.75 bits per heavy atom. The molecule has 5 heteroatoms. The van der Waals surface area contributed by atoms with Gasteiger partial charge < -0.3 is 10.1 Å². The first-order valence-corrected chi connectivity index (χ1v) is 7.53. The summed E-state index contributed by atoms with van der Waals surface area (Å²) in [6.07, 6.45) is 2.18. The van der Waals surface area contributed by atoms with E-state index in [-0.39, 0.29) is 12.5 Å². The van der Waals surface area contributed by atoms with Crippen LogP contribution in [0.25, 0.3) is 10.6 Å². The normalized spacial score (nSPS) is 14.1. The average Bonchev–Trinajstić information content (AvgIpc) is 3.16. The molecule has 0 spiro atoms. The minimum atomic E-state index is -0.0490. The maximum Gasteiger partial charge on any atom is 0.258 e. The summed E-state index contributed by atoms with van der Waals surface area (Å²) in [6.45, 7) is 2.06. The molecule has 4 nitrogen and oxygen atoms in total. The molecular weight excluding hydrogens is 272 g/mol. The number of carbonyl (C=O) groups excluding carboxylic acids is 1. The smallest absolute Gasteiger partial charge is 0.258 e. The van der Waals surface area contributed by atoms with Gasteiger partial charge in [0.25, 0.3) is 5.91 Å². The van der Waals surface area contributed by atoms with Crippen LogP contribution in [-0.4, -0.2) is 23.5 Å². The van der Waals surface area contributed by atoms with Gasteiger partial charge in [-0.05, 0) is 44.0 Å². The molecule has 0 atom stereocenters. The highest BCUT2D eigenvalue weighted by atomic mass is 32.1. The van der Waals surface area contributed by atoms with Crippen molar-refractivity contribution >= 4 is 17.2 Å². The van der Waals surface area contributed by atoms with E-state index in [0.717, 1.165) is 29.1 Å². The van der Waals surface area contributed by atoms with Crippen molar-refractivity contribution in [2.45, 2.75) is 25.8 Å². The van der Waals surface area contributed by atoms with E-state index in [0.29, 0.717) is 11.8 Å². The predicted octanol–water partition coefficient (Wildman–Crippen LogP) is 2.78. The molecule has 0 aliphatic heterocycles. The number of rotatable bonds is 5. The van der Waals surface area contributed by atoms with Gasteiger partial charge in [-0.25, -0.2) is 4.98 Å². The maximum absolute atomic E-state index is 11.5. The minimum absolute atomic E-state index is 0.0490. The van der Waals surface area contributed by atoms with Gasteiger partial charge in [-0.3, -0.25) is 4.79 Å². The summed E-state index contributed by atoms with van der Waals surface area (Å²) in [6, 6.07) is 8.05.